The Bertz CT molecular complexity index is 461. The van der Waals surface area contributed by atoms with Gasteiger partial charge in [0.25, 0.3) is 0 Å². The van der Waals surface area contributed by atoms with Gasteiger partial charge in [-0.05, 0) is 30.5 Å². The average molecular weight is 279 g/mol. The lowest BCUT2D eigenvalue weighted by atomic mass is 10.0. The largest absolute Gasteiger partial charge is 0.490 e. The lowest BCUT2D eigenvalue weighted by Crippen LogP contribution is -2.11. The molecule has 0 aliphatic carbocycles. The molecule has 2 rings (SSSR count). The topological polar surface area (TPSA) is 70.8 Å². The first-order chi connectivity index (χ1) is 9.70. The van der Waals surface area contributed by atoms with E-state index in [1.54, 1.807) is 0 Å². The van der Waals surface area contributed by atoms with E-state index in [4.69, 9.17) is 15.2 Å². The predicted molar refractivity (Wildman–Crippen MR) is 74.8 cm³/mol. The van der Waals surface area contributed by atoms with Crippen LogP contribution in [0.25, 0.3) is 0 Å². The van der Waals surface area contributed by atoms with Crippen LogP contribution in [0.15, 0.2) is 18.2 Å². The highest BCUT2D eigenvalue weighted by molar-refractivity contribution is 5.69. The Hall–Kier alpha value is -1.75. The highest BCUT2D eigenvalue weighted by Gasteiger charge is 2.14. The lowest BCUT2D eigenvalue weighted by Gasteiger charge is -2.14. The van der Waals surface area contributed by atoms with Gasteiger partial charge in [0, 0.05) is 18.9 Å². The van der Waals surface area contributed by atoms with E-state index < -0.39 is 0 Å². The van der Waals surface area contributed by atoms with Crippen LogP contribution < -0.4 is 15.2 Å². The number of fused-ring (bicyclic) bond motifs is 1. The molecule has 0 bridgehead atoms. The summed E-state index contributed by atoms with van der Waals surface area (Å²) in [5.74, 6) is 1.33. The standard InChI is InChI=1S/C15H21NO4/c1-18-15(17)5-2-4-12(16)11-6-7-13-14(10-11)20-9-3-8-19-13/h6-7,10,12H,2-5,8-9,16H2,1H3. The normalized spacial score (nSPS) is 15.3. The molecule has 1 aromatic carbocycles. The van der Waals surface area contributed by atoms with Crippen LogP contribution in [0, 0.1) is 0 Å². The van der Waals surface area contributed by atoms with E-state index in [0.29, 0.717) is 26.1 Å². The van der Waals surface area contributed by atoms with E-state index in [1.165, 1.54) is 7.11 Å². The fourth-order valence-corrected chi connectivity index (χ4v) is 2.15. The molecule has 1 aliphatic heterocycles. The molecule has 0 amide bonds. The first kappa shape index (κ1) is 14.7. The highest BCUT2D eigenvalue weighted by atomic mass is 16.5. The predicted octanol–water partition coefficient (Wildman–Crippen LogP) is 2.19. The van der Waals surface area contributed by atoms with Crippen LogP contribution in [-0.2, 0) is 9.53 Å². The van der Waals surface area contributed by atoms with Crippen LogP contribution in [0.4, 0.5) is 0 Å². The maximum absolute atomic E-state index is 11.1. The fraction of sp³-hybridized carbons (Fsp3) is 0.533. The Balaban J connectivity index is 1.94. The van der Waals surface area contributed by atoms with Crippen molar-refractivity contribution in [1.82, 2.24) is 0 Å². The lowest BCUT2D eigenvalue weighted by molar-refractivity contribution is -0.140. The first-order valence-electron chi connectivity index (χ1n) is 6.92. The van der Waals surface area contributed by atoms with Crippen molar-refractivity contribution in [3.8, 4) is 11.5 Å². The molecule has 2 N–H and O–H groups in total. The molecule has 1 aromatic rings. The first-order valence-corrected chi connectivity index (χ1v) is 6.92. The van der Waals surface area contributed by atoms with E-state index in [1.807, 2.05) is 18.2 Å². The van der Waals surface area contributed by atoms with E-state index in [2.05, 4.69) is 4.74 Å². The van der Waals surface area contributed by atoms with Crippen LogP contribution in [-0.4, -0.2) is 26.3 Å². The zero-order valence-electron chi connectivity index (χ0n) is 11.8. The van der Waals surface area contributed by atoms with Crippen LogP contribution in [0.2, 0.25) is 0 Å². The van der Waals surface area contributed by atoms with Crippen molar-refractivity contribution in [2.75, 3.05) is 20.3 Å². The highest BCUT2D eigenvalue weighted by Crippen LogP contribution is 2.32. The van der Waals surface area contributed by atoms with Gasteiger partial charge in [0.15, 0.2) is 11.5 Å². The summed E-state index contributed by atoms with van der Waals surface area (Å²) >= 11 is 0. The van der Waals surface area contributed by atoms with Crippen molar-refractivity contribution in [2.45, 2.75) is 31.7 Å². The van der Waals surface area contributed by atoms with E-state index in [0.717, 1.165) is 29.9 Å². The summed E-state index contributed by atoms with van der Waals surface area (Å²) in [6.07, 6.45) is 2.72. The summed E-state index contributed by atoms with van der Waals surface area (Å²) in [5.41, 5.74) is 7.15. The molecule has 0 fully saturated rings. The van der Waals surface area contributed by atoms with Gasteiger partial charge >= 0.3 is 5.97 Å². The number of benzene rings is 1. The second kappa shape index (κ2) is 7.14. The fourth-order valence-electron chi connectivity index (χ4n) is 2.15. The summed E-state index contributed by atoms with van der Waals surface area (Å²) < 4.78 is 15.8. The molecule has 0 aromatic heterocycles. The molecule has 0 saturated carbocycles. The Kier molecular flexibility index (Phi) is 5.24. The molecule has 1 atom stereocenters. The SMILES string of the molecule is COC(=O)CCCC(N)c1ccc2c(c1)OCCCO2. The van der Waals surface area contributed by atoms with E-state index in [-0.39, 0.29) is 12.0 Å². The van der Waals surface area contributed by atoms with Gasteiger partial charge in [-0.3, -0.25) is 4.79 Å². The molecular formula is C15H21NO4. The van der Waals surface area contributed by atoms with Gasteiger partial charge in [-0.2, -0.15) is 0 Å². The summed E-state index contributed by atoms with van der Waals surface area (Å²) in [4.78, 5) is 11.1. The Morgan fingerprint density at radius 2 is 2.10 bits per heavy atom. The van der Waals surface area contributed by atoms with Crippen LogP contribution in [0.1, 0.15) is 37.3 Å². The third-order valence-corrected chi connectivity index (χ3v) is 3.32. The Morgan fingerprint density at radius 1 is 1.35 bits per heavy atom. The van der Waals surface area contributed by atoms with Crippen molar-refractivity contribution in [1.29, 1.82) is 0 Å². The third-order valence-electron chi connectivity index (χ3n) is 3.32. The van der Waals surface area contributed by atoms with Crippen molar-refractivity contribution in [2.24, 2.45) is 5.73 Å². The van der Waals surface area contributed by atoms with Gasteiger partial charge in [-0.25, -0.2) is 0 Å². The average Bonchev–Trinajstić information content (AvgIpc) is 2.71. The van der Waals surface area contributed by atoms with E-state index in [9.17, 15) is 4.79 Å². The minimum absolute atomic E-state index is 0.114. The van der Waals surface area contributed by atoms with Crippen LogP contribution in [0.5, 0.6) is 11.5 Å². The zero-order valence-corrected chi connectivity index (χ0v) is 11.8. The van der Waals surface area contributed by atoms with Gasteiger partial charge in [-0.15, -0.1) is 0 Å². The van der Waals surface area contributed by atoms with E-state index >= 15 is 0 Å². The number of esters is 1. The molecule has 1 heterocycles. The van der Waals surface area contributed by atoms with Crippen molar-refractivity contribution in [3.05, 3.63) is 23.8 Å². The summed E-state index contributed by atoms with van der Waals surface area (Å²) in [6.45, 7) is 1.34. The number of ether oxygens (including phenoxy) is 3. The van der Waals surface area contributed by atoms with Gasteiger partial charge in [-0.1, -0.05) is 6.07 Å². The summed E-state index contributed by atoms with van der Waals surface area (Å²) in [5, 5.41) is 0. The Labute approximate surface area is 119 Å². The maximum Gasteiger partial charge on any atom is 0.305 e. The summed E-state index contributed by atoms with van der Waals surface area (Å²) in [6, 6.07) is 5.67. The van der Waals surface area contributed by atoms with Crippen LogP contribution in [0.3, 0.4) is 0 Å². The number of carbonyl (C=O) groups is 1. The molecular weight excluding hydrogens is 258 g/mol. The van der Waals surface area contributed by atoms with Crippen molar-refractivity contribution >= 4 is 5.97 Å². The second-order valence-electron chi connectivity index (χ2n) is 4.83. The third kappa shape index (κ3) is 3.87. The van der Waals surface area contributed by atoms with Crippen molar-refractivity contribution < 1.29 is 19.0 Å². The molecule has 5 heteroatoms. The molecule has 110 valence electrons. The zero-order chi connectivity index (χ0) is 14.4. The monoisotopic (exact) mass is 279 g/mol. The smallest absolute Gasteiger partial charge is 0.305 e. The molecule has 20 heavy (non-hydrogen) atoms. The number of methoxy groups -OCH3 is 1. The number of carbonyl (C=O) groups excluding carboxylic acids is 1. The van der Waals surface area contributed by atoms with Gasteiger partial charge in [0.05, 0.1) is 20.3 Å². The minimum Gasteiger partial charge on any atom is -0.490 e. The number of hydrogen-bond donors (Lipinski definition) is 1. The molecule has 1 unspecified atom stereocenters. The molecule has 0 spiro atoms. The van der Waals surface area contributed by atoms with Gasteiger partial charge < -0.3 is 19.9 Å². The van der Waals surface area contributed by atoms with Gasteiger partial charge in [0.2, 0.25) is 0 Å². The molecule has 0 saturated heterocycles. The number of rotatable bonds is 5. The van der Waals surface area contributed by atoms with Gasteiger partial charge in [0.1, 0.15) is 0 Å². The molecule has 0 radical (unpaired) electrons. The maximum atomic E-state index is 11.1. The van der Waals surface area contributed by atoms with Crippen LogP contribution >= 0.6 is 0 Å². The minimum atomic E-state index is -0.198. The molecule has 5 nitrogen and oxygen atoms in total. The van der Waals surface area contributed by atoms with Crippen molar-refractivity contribution in [3.63, 3.8) is 0 Å². The quantitative estimate of drug-likeness (QED) is 0.837. The summed E-state index contributed by atoms with van der Waals surface area (Å²) in [7, 11) is 1.39. The second-order valence-corrected chi connectivity index (χ2v) is 4.83. The number of nitrogens with two attached hydrogens (primary N) is 1. The molecule has 1 aliphatic rings. The Morgan fingerprint density at radius 3 is 2.85 bits per heavy atom. The number of hydrogen-bond acceptors (Lipinski definition) is 5.